The number of aryl methyl sites for hydroxylation is 1. The predicted molar refractivity (Wildman–Crippen MR) is 136 cm³/mol. The number of thiocarbonyl (C=S) groups is 1. The van der Waals surface area contributed by atoms with Crippen molar-refractivity contribution < 1.29 is 9.53 Å². The molecule has 4 nitrogen and oxygen atoms in total. The summed E-state index contributed by atoms with van der Waals surface area (Å²) in [5.41, 5.74) is 2.34. The van der Waals surface area contributed by atoms with Crippen molar-refractivity contribution in [1.29, 1.82) is 0 Å². The van der Waals surface area contributed by atoms with Gasteiger partial charge < -0.3 is 15.4 Å². The van der Waals surface area contributed by atoms with Gasteiger partial charge in [0.1, 0.15) is 5.00 Å². The van der Waals surface area contributed by atoms with Gasteiger partial charge >= 0.3 is 5.97 Å². The van der Waals surface area contributed by atoms with E-state index in [9.17, 15) is 4.79 Å². The molecule has 5 aliphatic carbocycles. The molecule has 4 saturated carbocycles. The van der Waals surface area contributed by atoms with Crippen molar-refractivity contribution >= 4 is 39.6 Å². The van der Waals surface area contributed by atoms with Crippen LogP contribution in [0.25, 0.3) is 0 Å². The van der Waals surface area contributed by atoms with Gasteiger partial charge in [0.25, 0.3) is 0 Å². The van der Waals surface area contributed by atoms with Gasteiger partial charge in [-0.15, -0.1) is 11.3 Å². The third-order valence-electron chi connectivity index (χ3n) is 8.73. The van der Waals surface area contributed by atoms with Crippen molar-refractivity contribution in [2.75, 3.05) is 11.9 Å². The lowest BCUT2D eigenvalue weighted by atomic mass is 9.48. The van der Waals surface area contributed by atoms with E-state index in [1.165, 1.54) is 68.2 Å². The maximum absolute atomic E-state index is 12.9. The summed E-state index contributed by atoms with van der Waals surface area (Å²) in [4.78, 5) is 14.3. The molecule has 0 amide bonds. The van der Waals surface area contributed by atoms with Gasteiger partial charge in [-0.2, -0.15) is 0 Å². The lowest BCUT2D eigenvalue weighted by Gasteiger charge is -2.59. The SMILES string of the molecule is CCOC(=O)c1c(NC(=S)NC(C)C23CC4CC(CC(C4)C2)C3)sc2c1CCCCCC2. The number of fused-ring (bicyclic) bond motifs is 1. The molecule has 1 atom stereocenters. The summed E-state index contributed by atoms with van der Waals surface area (Å²) in [5.74, 6) is 2.59. The average molecular weight is 475 g/mol. The smallest absolute Gasteiger partial charge is 0.341 e. The van der Waals surface area contributed by atoms with Crippen LogP contribution in [0.15, 0.2) is 0 Å². The molecule has 1 unspecified atom stereocenters. The summed E-state index contributed by atoms with van der Waals surface area (Å²) in [5, 5.41) is 8.65. The molecule has 6 rings (SSSR count). The molecular weight excluding hydrogens is 436 g/mol. The normalized spacial score (nSPS) is 31.9. The monoisotopic (exact) mass is 474 g/mol. The van der Waals surface area contributed by atoms with E-state index < -0.39 is 0 Å². The number of rotatable bonds is 5. The van der Waals surface area contributed by atoms with E-state index in [0.717, 1.165) is 47.6 Å². The van der Waals surface area contributed by atoms with Gasteiger partial charge in [0.15, 0.2) is 5.11 Å². The van der Waals surface area contributed by atoms with Crippen molar-refractivity contribution in [2.24, 2.45) is 23.2 Å². The first-order valence-corrected chi connectivity index (χ1v) is 14.1. The molecule has 0 spiro atoms. The molecule has 176 valence electrons. The fourth-order valence-corrected chi connectivity index (χ4v) is 9.25. The van der Waals surface area contributed by atoms with Gasteiger partial charge in [-0.3, -0.25) is 0 Å². The minimum absolute atomic E-state index is 0.204. The molecule has 0 saturated heterocycles. The van der Waals surface area contributed by atoms with E-state index >= 15 is 0 Å². The fraction of sp³-hybridized carbons (Fsp3) is 0.769. The largest absolute Gasteiger partial charge is 0.462 e. The van der Waals surface area contributed by atoms with Crippen LogP contribution in [0, 0.1) is 23.2 Å². The molecule has 0 aromatic carbocycles. The van der Waals surface area contributed by atoms with Crippen LogP contribution in [0.4, 0.5) is 5.00 Å². The number of esters is 1. The quantitative estimate of drug-likeness (QED) is 0.378. The molecule has 1 heterocycles. The van der Waals surface area contributed by atoms with E-state index in [1.54, 1.807) is 11.3 Å². The van der Waals surface area contributed by atoms with E-state index in [1.807, 2.05) is 6.92 Å². The summed E-state index contributed by atoms with van der Waals surface area (Å²) >= 11 is 7.52. The predicted octanol–water partition coefficient (Wildman–Crippen LogP) is 6.48. The van der Waals surface area contributed by atoms with E-state index in [-0.39, 0.29) is 5.97 Å². The number of carbonyl (C=O) groups excluding carboxylic acids is 1. The Hall–Kier alpha value is -1.14. The molecule has 1 aromatic heterocycles. The molecule has 2 N–H and O–H groups in total. The molecular formula is C26H38N2O2S2. The van der Waals surface area contributed by atoms with E-state index in [2.05, 4.69) is 17.6 Å². The number of thiophene rings is 1. The minimum Gasteiger partial charge on any atom is -0.462 e. The molecule has 0 radical (unpaired) electrons. The topological polar surface area (TPSA) is 50.4 Å². The molecule has 6 heteroatoms. The highest BCUT2D eigenvalue weighted by atomic mass is 32.1. The Bertz CT molecular complexity index is 842. The Kier molecular flexibility index (Phi) is 6.54. The molecule has 4 bridgehead atoms. The average Bonchev–Trinajstić information content (AvgIpc) is 3.03. The summed E-state index contributed by atoms with van der Waals surface area (Å²) in [7, 11) is 0. The van der Waals surface area contributed by atoms with Crippen LogP contribution in [0.3, 0.4) is 0 Å². The van der Waals surface area contributed by atoms with Crippen LogP contribution in [0.5, 0.6) is 0 Å². The fourth-order valence-electron chi connectivity index (χ4n) is 7.62. The second-order valence-electron chi connectivity index (χ2n) is 10.9. The first-order chi connectivity index (χ1) is 15.5. The first-order valence-electron chi connectivity index (χ1n) is 12.9. The van der Waals surface area contributed by atoms with Gasteiger partial charge in [-0.05, 0) is 119 Å². The molecule has 0 aliphatic heterocycles. The molecule has 1 aromatic rings. The highest BCUT2D eigenvalue weighted by Crippen LogP contribution is 2.61. The van der Waals surface area contributed by atoms with Crippen molar-refractivity contribution in [2.45, 2.75) is 96.9 Å². The molecule has 5 aliphatic rings. The molecule has 32 heavy (non-hydrogen) atoms. The third kappa shape index (κ3) is 4.34. The Morgan fingerprint density at radius 3 is 2.34 bits per heavy atom. The Labute approximate surface area is 202 Å². The van der Waals surface area contributed by atoms with Gasteiger partial charge in [-0.1, -0.05) is 12.8 Å². The highest BCUT2D eigenvalue weighted by Gasteiger charge is 2.53. The Morgan fingerprint density at radius 2 is 1.72 bits per heavy atom. The maximum Gasteiger partial charge on any atom is 0.341 e. The number of nitrogens with one attached hydrogen (secondary N) is 2. The maximum atomic E-state index is 12.9. The summed E-state index contributed by atoms with van der Waals surface area (Å²) < 4.78 is 5.46. The van der Waals surface area contributed by atoms with Crippen molar-refractivity contribution in [1.82, 2.24) is 5.32 Å². The van der Waals surface area contributed by atoms with Crippen LogP contribution < -0.4 is 10.6 Å². The van der Waals surface area contributed by atoms with E-state index in [0.29, 0.717) is 23.2 Å². The third-order valence-corrected chi connectivity index (χ3v) is 10.2. The van der Waals surface area contributed by atoms with Crippen LogP contribution in [-0.2, 0) is 17.6 Å². The zero-order valence-corrected chi connectivity index (χ0v) is 21.3. The highest BCUT2D eigenvalue weighted by molar-refractivity contribution is 7.80. The zero-order chi connectivity index (χ0) is 22.3. The van der Waals surface area contributed by atoms with Crippen molar-refractivity contribution in [3.05, 3.63) is 16.0 Å². The first kappa shape index (κ1) is 22.6. The van der Waals surface area contributed by atoms with Crippen LogP contribution in [-0.4, -0.2) is 23.7 Å². The standard InChI is InChI=1S/C26H38N2O2S2/c1-3-30-24(29)22-20-8-6-4-5-7-9-21(20)32-23(22)28-25(31)27-16(2)26-13-17-10-18(14-26)12-19(11-17)15-26/h16-19H,3-15H2,1-2H3,(H2,27,28,31). The number of hydrogen-bond donors (Lipinski definition) is 2. The molecule has 4 fully saturated rings. The minimum atomic E-state index is -0.204. The lowest BCUT2D eigenvalue weighted by Crippen LogP contribution is -2.56. The van der Waals surface area contributed by atoms with Gasteiger partial charge in [0.2, 0.25) is 0 Å². The Morgan fingerprint density at radius 1 is 1.09 bits per heavy atom. The second-order valence-corrected chi connectivity index (χ2v) is 12.5. The zero-order valence-electron chi connectivity index (χ0n) is 19.6. The van der Waals surface area contributed by atoms with Crippen LogP contribution in [0.1, 0.15) is 98.9 Å². The van der Waals surface area contributed by atoms with Crippen molar-refractivity contribution in [3.63, 3.8) is 0 Å². The van der Waals surface area contributed by atoms with Crippen molar-refractivity contribution in [3.8, 4) is 0 Å². The number of ether oxygens (including phenoxy) is 1. The summed E-state index contributed by atoms with van der Waals surface area (Å²) in [6.07, 6.45) is 15.3. The number of carbonyl (C=O) groups is 1. The number of hydrogen-bond acceptors (Lipinski definition) is 4. The number of anilines is 1. The van der Waals surface area contributed by atoms with Crippen LogP contribution >= 0.6 is 23.6 Å². The Balaban J connectivity index is 1.32. The van der Waals surface area contributed by atoms with Crippen LogP contribution in [0.2, 0.25) is 0 Å². The van der Waals surface area contributed by atoms with Gasteiger partial charge in [0, 0.05) is 10.9 Å². The lowest BCUT2D eigenvalue weighted by molar-refractivity contribution is -0.0671. The van der Waals surface area contributed by atoms with Gasteiger partial charge in [-0.25, -0.2) is 4.79 Å². The van der Waals surface area contributed by atoms with Gasteiger partial charge in [0.05, 0.1) is 12.2 Å². The summed E-state index contributed by atoms with van der Waals surface area (Å²) in [6, 6.07) is 0.364. The summed E-state index contributed by atoms with van der Waals surface area (Å²) in [6.45, 7) is 4.61. The van der Waals surface area contributed by atoms with E-state index in [4.69, 9.17) is 17.0 Å². The second kappa shape index (κ2) is 9.25.